The molecule has 0 bridgehead atoms. The molecule has 0 radical (unpaired) electrons. The molecule has 0 spiro atoms. The molecule has 1 aromatic carbocycles. The van der Waals surface area contributed by atoms with Gasteiger partial charge in [-0.1, -0.05) is 30.3 Å². The van der Waals surface area contributed by atoms with Gasteiger partial charge in [-0.15, -0.1) is 0 Å². The first-order valence-electron chi connectivity index (χ1n) is 8.41. The molecule has 1 aliphatic heterocycles. The fraction of sp³-hybridized carbons (Fsp3) is 0.556. The van der Waals surface area contributed by atoms with Gasteiger partial charge in [0.1, 0.15) is 6.61 Å². The van der Waals surface area contributed by atoms with Crippen LogP contribution >= 0.6 is 0 Å². The van der Waals surface area contributed by atoms with Crippen molar-refractivity contribution in [3.8, 4) is 0 Å². The van der Waals surface area contributed by atoms with Gasteiger partial charge in [0.25, 0.3) is 0 Å². The van der Waals surface area contributed by atoms with Crippen molar-refractivity contribution in [2.45, 2.75) is 57.6 Å². The third-order valence-corrected chi connectivity index (χ3v) is 4.33. The number of carbonyl (C=O) groups is 2. The van der Waals surface area contributed by atoms with Crippen molar-refractivity contribution < 1.29 is 28.9 Å². The van der Waals surface area contributed by atoms with Crippen LogP contribution in [-0.4, -0.2) is 41.7 Å². The number of hydrogen-bond donors (Lipinski definition) is 2. The predicted molar refractivity (Wildman–Crippen MR) is 89.9 cm³/mol. The maximum absolute atomic E-state index is 12.0. The molecule has 2 rings (SSSR count). The molecule has 3 atom stereocenters. The molecular weight excluding hydrogens is 326 g/mol. The smallest absolute Gasteiger partial charge is 0.408 e. The van der Waals surface area contributed by atoms with Gasteiger partial charge in [0.15, 0.2) is 11.8 Å². The monoisotopic (exact) mass is 351 g/mol. The maximum atomic E-state index is 12.0. The highest BCUT2D eigenvalue weighted by molar-refractivity contribution is 5.84. The van der Waals surface area contributed by atoms with Crippen LogP contribution in [0.1, 0.15) is 38.7 Å². The predicted octanol–water partition coefficient (Wildman–Crippen LogP) is 2.69. The first-order valence-corrected chi connectivity index (χ1v) is 8.41. The summed E-state index contributed by atoms with van der Waals surface area (Å²) >= 11 is 0. The van der Waals surface area contributed by atoms with Crippen LogP contribution < -0.4 is 5.32 Å². The number of alkyl carbamates (subject to hydrolysis) is 1. The van der Waals surface area contributed by atoms with Gasteiger partial charge in [-0.05, 0) is 38.7 Å². The van der Waals surface area contributed by atoms with Crippen molar-refractivity contribution in [3.63, 3.8) is 0 Å². The summed E-state index contributed by atoms with van der Waals surface area (Å²) in [6.45, 7) is 3.65. The Bertz CT molecular complexity index is 572. The van der Waals surface area contributed by atoms with Crippen molar-refractivity contribution in [2.24, 2.45) is 0 Å². The van der Waals surface area contributed by atoms with Crippen LogP contribution in [0.15, 0.2) is 30.3 Å². The molecule has 7 heteroatoms. The highest BCUT2D eigenvalue weighted by Crippen LogP contribution is 2.21. The molecule has 7 nitrogen and oxygen atoms in total. The number of carboxylic acid groups (broad SMARTS) is 1. The minimum absolute atomic E-state index is 0.0589. The Balaban J connectivity index is 1.92. The second-order valence-electron chi connectivity index (χ2n) is 6.27. The maximum Gasteiger partial charge on any atom is 0.408 e. The molecule has 138 valence electrons. The first kappa shape index (κ1) is 19.2. The molecule has 1 saturated heterocycles. The van der Waals surface area contributed by atoms with Gasteiger partial charge < -0.3 is 24.6 Å². The summed E-state index contributed by atoms with van der Waals surface area (Å²) in [4.78, 5) is 23.8. The Labute approximate surface area is 147 Å². The molecular formula is C18H25NO6. The van der Waals surface area contributed by atoms with E-state index in [-0.39, 0.29) is 6.61 Å². The van der Waals surface area contributed by atoms with E-state index in [4.69, 9.17) is 14.2 Å². The van der Waals surface area contributed by atoms with Crippen LogP contribution in [0.25, 0.3) is 0 Å². The number of hydrogen-bond acceptors (Lipinski definition) is 5. The lowest BCUT2D eigenvalue weighted by Crippen LogP contribution is -2.60. The van der Waals surface area contributed by atoms with Gasteiger partial charge in [-0.2, -0.15) is 0 Å². The van der Waals surface area contributed by atoms with E-state index in [2.05, 4.69) is 5.32 Å². The van der Waals surface area contributed by atoms with Crippen LogP contribution in [-0.2, 0) is 25.6 Å². The normalized spacial score (nSPS) is 21.0. The second kappa shape index (κ2) is 8.82. The minimum atomic E-state index is -1.63. The molecule has 1 amide bonds. The van der Waals surface area contributed by atoms with E-state index in [0.29, 0.717) is 13.0 Å². The van der Waals surface area contributed by atoms with E-state index in [1.165, 1.54) is 6.92 Å². The summed E-state index contributed by atoms with van der Waals surface area (Å²) in [5.74, 6) is -1.20. The van der Waals surface area contributed by atoms with Crippen LogP contribution in [0.2, 0.25) is 0 Å². The van der Waals surface area contributed by atoms with E-state index in [0.717, 1.165) is 18.4 Å². The fourth-order valence-corrected chi connectivity index (χ4v) is 2.48. The molecule has 2 N–H and O–H groups in total. The highest BCUT2D eigenvalue weighted by atomic mass is 16.7. The Morgan fingerprint density at radius 1 is 1.36 bits per heavy atom. The Kier molecular flexibility index (Phi) is 6.78. The minimum Gasteiger partial charge on any atom is -0.479 e. The van der Waals surface area contributed by atoms with Crippen molar-refractivity contribution in [1.82, 2.24) is 5.32 Å². The zero-order valence-corrected chi connectivity index (χ0v) is 14.6. The lowest BCUT2D eigenvalue weighted by molar-refractivity contribution is -0.202. The van der Waals surface area contributed by atoms with E-state index in [1.807, 2.05) is 30.3 Å². The molecule has 25 heavy (non-hydrogen) atoms. The van der Waals surface area contributed by atoms with E-state index >= 15 is 0 Å². The molecule has 0 saturated carbocycles. The van der Waals surface area contributed by atoms with Gasteiger partial charge >= 0.3 is 12.1 Å². The number of ether oxygens (including phenoxy) is 3. The summed E-state index contributed by atoms with van der Waals surface area (Å²) in [7, 11) is 0. The molecule has 1 fully saturated rings. The number of benzene rings is 1. The molecule has 1 unspecified atom stereocenters. The molecule has 1 aliphatic rings. The number of carbonyl (C=O) groups excluding carboxylic acids is 1. The van der Waals surface area contributed by atoms with Crippen LogP contribution in [0.3, 0.4) is 0 Å². The highest BCUT2D eigenvalue weighted by Gasteiger charge is 2.43. The number of aliphatic carboxylic acids is 1. The standard InChI is InChI=1S/C18H25NO6/c1-13(25-15-10-6-7-11-23-15)18(2,16(20)21)19-17(22)24-12-14-8-4-3-5-9-14/h3-5,8-9,13,15H,6-7,10-12H2,1-2H3,(H,19,22)(H,20,21)/t13-,15?,18+/m1/s1. The van der Waals surface area contributed by atoms with Crippen molar-refractivity contribution in [2.75, 3.05) is 6.61 Å². The van der Waals surface area contributed by atoms with E-state index < -0.39 is 30.0 Å². The Morgan fingerprint density at radius 2 is 2.08 bits per heavy atom. The Morgan fingerprint density at radius 3 is 2.68 bits per heavy atom. The number of amides is 1. The van der Waals surface area contributed by atoms with Gasteiger partial charge in [0.05, 0.1) is 6.10 Å². The number of rotatable bonds is 7. The molecule has 1 aromatic rings. The summed E-state index contributed by atoms with van der Waals surface area (Å²) in [5.41, 5.74) is -0.816. The third kappa shape index (κ3) is 5.44. The third-order valence-electron chi connectivity index (χ3n) is 4.33. The van der Waals surface area contributed by atoms with E-state index in [1.54, 1.807) is 6.92 Å². The summed E-state index contributed by atoms with van der Waals surface area (Å²) < 4.78 is 16.3. The zero-order chi connectivity index (χ0) is 18.3. The fourth-order valence-electron chi connectivity index (χ4n) is 2.48. The summed E-state index contributed by atoms with van der Waals surface area (Å²) in [6.07, 6.45) is 0.580. The molecule has 1 heterocycles. The van der Waals surface area contributed by atoms with Gasteiger partial charge in [0.2, 0.25) is 0 Å². The molecule has 0 aliphatic carbocycles. The number of nitrogens with one attached hydrogen (secondary N) is 1. The first-order chi connectivity index (χ1) is 11.9. The lowest BCUT2D eigenvalue weighted by atomic mass is 9.96. The summed E-state index contributed by atoms with van der Waals surface area (Å²) in [6, 6.07) is 9.15. The van der Waals surface area contributed by atoms with E-state index in [9.17, 15) is 14.7 Å². The SMILES string of the molecule is C[C@@H](OC1CCCCO1)[C@](C)(NC(=O)OCc1ccccc1)C(=O)O. The topological polar surface area (TPSA) is 94.1 Å². The second-order valence-corrected chi connectivity index (χ2v) is 6.27. The van der Waals surface area contributed by atoms with Gasteiger partial charge in [-0.3, -0.25) is 0 Å². The average molecular weight is 351 g/mol. The largest absolute Gasteiger partial charge is 0.479 e. The van der Waals surface area contributed by atoms with Crippen LogP contribution in [0, 0.1) is 0 Å². The van der Waals surface area contributed by atoms with Crippen molar-refractivity contribution in [3.05, 3.63) is 35.9 Å². The number of carboxylic acids is 1. The van der Waals surface area contributed by atoms with Gasteiger partial charge in [-0.25, -0.2) is 9.59 Å². The van der Waals surface area contributed by atoms with Crippen molar-refractivity contribution >= 4 is 12.1 Å². The quantitative estimate of drug-likeness (QED) is 0.784. The van der Waals surface area contributed by atoms with Crippen LogP contribution in [0.4, 0.5) is 4.79 Å². The zero-order valence-electron chi connectivity index (χ0n) is 14.6. The Hall–Kier alpha value is -2.12. The van der Waals surface area contributed by atoms with Gasteiger partial charge in [0, 0.05) is 6.61 Å². The summed E-state index contributed by atoms with van der Waals surface area (Å²) in [5, 5.41) is 12.0. The van der Waals surface area contributed by atoms with Crippen molar-refractivity contribution in [1.29, 1.82) is 0 Å². The molecule has 0 aromatic heterocycles. The lowest BCUT2D eigenvalue weighted by Gasteiger charge is -2.35. The van der Waals surface area contributed by atoms with Crippen LogP contribution in [0.5, 0.6) is 0 Å². The average Bonchev–Trinajstić information content (AvgIpc) is 2.61.